The Bertz CT molecular complexity index is 688. The van der Waals surface area contributed by atoms with Gasteiger partial charge in [-0.05, 0) is 25.0 Å². The monoisotopic (exact) mass is 314 g/mol. The number of hydrogen-bond donors (Lipinski definition) is 2. The average Bonchev–Trinajstić information content (AvgIpc) is 2.95. The van der Waals surface area contributed by atoms with Gasteiger partial charge in [-0.15, -0.1) is 11.3 Å². The number of thiophene rings is 1. The fourth-order valence-corrected chi connectivity index (χ4v) is 4.44. The van der Waals surface area contributed by atoms with Gasteiger partial charge >= 0.3 is 0 Å². The van der Waals surface area contributed by atoms with Crippen molar-refractivity contribution in [2.75, 3.05) is 6.54 Å². The highest BCUT2D eigenvalue weighted by Gasteiger charge is 2.19. The van der Waals surface area contributed by atoms with Crippen molar-refractivity contribution in [2.24, 2.45) is 12.8 Å². The highest BCUT2D eigenvalue weighted by molar-refractivity contribution is 7.89. The van der Waals surface area contributed by atoms with Gasteiger partial charge in [-0.1, -0.05) is 0 Å². The Hall–Kier alpha value is -1.22. The first-order valence-electron chi connectivity index (χ1n) is 6.19. The van der Waals surface area contributed by atoms with Crippen LogP contribution in [0.1, 0.15) is 15.3 Å². The van der Waals surface area contributed by atoms with E-state index in [2.05, 4.69) is 9.82 Å². The lowest BCUT2D eigenvalue weighted by molar-refractivity contribution is 0.581. The molecular formula is C12H18N4O2S2. The molecule has 0 radical (unpaired) electrons. The summed E-state index contributed by atoms with van der Waals surface area (Å²) < 4.78 is 28.7. The first-order chi connectivity index (χ1) is 9.42. The van der Waals surface area contributed by atoms with Crippen molar-refractivity contribution < 1.29 is 8.42 Å². The third-order valence-electron chi connectivity index (χ3n) is 2.88. The SMILES string of the molecule is Cc1sc(CN)cc1S(=O)(=O)NCCc1cnn(C)c1. The van der Waals surface area contributed by atoms with E-state index in [-0.39, 0.29) is 0 Å². The second kappa shape index (κ2) is 6.04. The molecular weight excluding hydrogens is 296 g/mol. The van der Waals surface area contributed by atoms with E-state index in [1.165, 1.54) is 11.3 Å². The van der Waals surface area contributed by atoms with Crippen LogP contribution in [0.4, 0.5) is 0 Å². The van der Waals surface area contributed by atoms with Crippen LogP contribution in [-0.2, 0) is 30.0 Å². The van der Waals surface area contributed by atoms with Crippen LogP contribution < -0.4 is 10.5 Å². The minimum Gasteiger partial charge on any atom is -0.326 e. The highest BCUT2D eigenvalue weighted by Crippen LogP contribution is 2.25. The summed E-state index contributed by atoms with van der Waals surface area (Å²) in [6.45, 7) is 2.50. The number of sulfonamides is 1. The fraction of sp³-hybridized carbons (Fsp3) is 0.417. The van der Waals surface area contributed by atoms with Crippen LogP contribution in [0.3, 0.4) is 0 Å². The van der Waals surface area contributed by atoms with Gasteiger partial charge in [0.2, 0.25) is 10.0 Å². The van der Waals surface area contributed by atoms with Gasteiger partial charge in [-0.3, -0.25) is 4.68 Å². The molecule has 0 unspecified atom stereocenters. The minimum atomic E-state index is -3.47. The van der Waals surface area contributed by atoms with Gasteiger partial charge in [0, 0.05) is 36.1 Å². The van der Waals surface area contributed by atoms with Gasteiger partial charge in [-0.25, -0.2) is 13.1 Å². The molecule has 0 aliphatic carbocycles. The predicted octanol–water partition coefficient (Wildman–Crippen LogP) is 0.770. The van der Waals surface area contributed by atoms with Crippen molar-refractivity contribution in [1.82, 2.24) is 14.5 Å². The minimum absolute atomic E-state index is 0.328. The van der Waals surface area contributed by atoms with Crippen molar-refractivity contribution in [3.8, 4) is 0 Å². The number of aromatic nitrogens is 2. The Balaban J connectivity index is 2.01. The molecule has 2 rings (SSSR count). The molecule has 110 valence electrons. The van der Waals surface area contributed by atoms with Crippen LogP contribution in [-0.4, -0.2) is 24.7 Å². The molecule has 0 aliphatic heterocycles. The van der Waals surface area contributed by atoms with Crippen LogP contribution in [0.15, 0.2) is 23.4 Å². The summed E-state index contributed by atoms with van der Waals surface area (Å²) in [7, 11) is -1.64. The van der Waals surface area contributed by atoms with E-state index >= 15 is 0 Å². The van der Waals surface area contributed by atoms with Crippen LogP contribution in [0.25, 0.3) is 0 Å². The topological polar surface area (TPSA) is 90.0 Å². The van der Waals surface area contributed by atoms with Gasteiger partial charge in [0.25, 0.3) is 0 Å². The molecule has 20 heavy (non-hydrogen) atoms. The summed E-state index contributed by atoms with van der Waals surface area (Å²) in [5.74, 6) is 0. The molecule has 2 heterocycles. The first kappa shape index (κ1) is 15.2. The van der Waals surface area contributed by atoms with E-state index in [0.29, 0.717) is 24.4 Å². The third kappa shape index (κ3) is 3.45. The molecule has 8 heteroatoms. The molecule has 2 aromatic rings. The van der Waals surface area contributed by atoms with E-state index in [4.69, 9.17) is 5.73 Å². The van der Waals surface area contributed by atoms with Gasteiger partial charge in [0.15, 0.2) is 0 Å². The van der Waals surface area contributed by atoms with Crippen molar-refractivity contribution in [1.29, 1.82) is 0 Å². The number of hydrogen-bond acceptors (Lipinski definition) is 5. The van der Waals surface area contributed by atoms with E-state index in [9.17, 15) is 8.42 Å². The molecule has 0 saturated heterocycles. The Morgan fingerprint density at radius 2 is 2.25 bits per heavy atom. The summed E-state index contributed by atoms with van der Waals surface area (Å²) in [5.41, 5.74) is 6.54. The number of nitrogens with zero attached hydrogens (tertiary/aromatic N) is 2. The third-order valence-corrected chi connectivity index (χ3v) is 5.67. The quantitative estimate of drug-likeness (QED) is 0.824. The summed E-state index contributed by atoms with van der Waals surface area (Å²) in [6.07, 6.45) is 4.22. The highest BCUT2D eigenvalue weighted by atomic mass is 32.2. The molecule has 0 atom stereocenters. The Labute approximate surface area is 122 Å². The van der Waals surface area contributed by atoms with Crippen molar-refractivity contribution >= 4 is 21.4 Å². The van der Waals surface area contributed by atoms with Crippen LogP contribution >= 0.6 is 11.3 Å². The molecule has 3 N–H and O–H groups in total. The number of nitrogens with two attached hydrogens (primary N) is 1. The smallest absolute Gasteiger partial charge is 0.241 e. The predicted molar refractivity (Wildman–Crippen MR) is 79.0 cm³/mol. The molecule has 0 amide bonds. The molecule has 0 fully saturated rings. The fourth-order valence-electron chi connectivity index (χ4n) is 1.90. The maximum Gasteiger partial charge on any atom is 0.241 e. The second-order valence-electron chi connectivity index (χ2n) is 4.51. The van der Waals surface area contributed by atoms with Crippen molar-refractivity contribution in [3.05, 3.63) is 33.8 Å². The Morgan fingerprint density at radius 1 is 1.50 bits per heavy atom. The van der Waals surface area contributed by atoms with E-state index in [0.717, 1.165) is 15.3 Å². The lowest BCUT2D eigenvalue weighted by Crippen LogP contribution is -2.26. The van der Waals surface area contributed by atoms with Crippen LogP contribution in [0.5, 0.6) is 0 Å². The maximum atomic E-state index is 12.2. The van der Waals surface area contributed by atoms with Gasteiger partial charge in [0.1, 0.15) is 0 Å². The van der Waals surface area contributed by atoms with Crippen LogP contribution in [0, 0.1) is 6.92 Å². The zero-order valence-corrected chi connectivity index (χ0v) is 13.1. The summed E-state index contributed by atoms with van der Waals surface area (Å²) in [4.78, 5) is 1.96. The zero-order chi connectivity index (χ0) is 14.8. The molecule has 0 bridgehead atoms. The Morgan fingerprint density at radius 3 is 2.80 bits per heavy atom. The van der Waals surface area contributed by atoms with Gasteiger partial charge in [-0.2, -0.15) is 5.10 Å². The largest absolute Gasteiger partial charge is 0.326 e. The lowest BCUT2D eigenvalue weighted by atomic mass is 10.3. The number of nitrogens with one attached hydrogen (secondary N) is 1. The van der Waals surface area contributed by atoms with Crippen molar-refractivity contribution in [2.45, 2.75) is 24.8 Å². The van der Waals surface area contributed by atoms with Gasteiger partial charge < -0.3 is 5.73 Å². The zero-order valence-electron chi connectivity index (χ0n) is 11.5. The molecule has 6 nitrogen and oxygen atoms in total. The molecule has 0 spiro atoms. The molecule has 0 aliphatic rings. The summed E-state index contributed by atoms with van der Waals surface area (Å²) in [5, 5.41) is 4.05. The van der Waals surface area contributed by atoms with E-state index < -0.39 is 10.0 Å². The molecule has 0 aromatic carbocycles. The van der Waals surface area contributed by atoms with Gasteiger partial charge in [0.05, 0.1) is 11.1 Å². The summed E-state index contributed by atoms with van der Waals surface area (Å²) >= 11 is 1.42. The standard InChI is InChI=1S/C12H18N4O2S2/c1-9-12(5-11(6-13)19-9)20(17,18)15-4-3-10-7-14-16(2)8-10/h5,7-8,15H,3-4,6,13H2,1-2H3. The Kier molecular flexibility index (Phi) is 4.59. The maximum absolute atomic E-state index is 12.2. The van der Waals surface area contributed by atoms with E-state index in [1.54, 1.807) is 23.9 Å². The number of aryl methyl sites for hydroxylation is 2. The second-order valence-corrected chi connectivity index (χ2v) is 7.58. The van der Waals surface area contributed by atoms with Crippen LogP contribution in [0.2, 0.25) is 0 Å². The summed E-state index contributed by atoms with van der Waals surface area (Å²) in [6, 6.07) is 1.65. The first-order valence-corrected chi connectivity index (χ1v) is 8.49. The number of rotatable bonds is 6. The average molecular weight is 314 g/mol. The normalized spacial score (nSPS) is 11.9. The molecule has 0 saturated carbocycles. The lowest BCUT2D eigenvalue weighted by Gasteiger charge is -2.05. The van der Waals surface area contributed by atoms with Crippen molar-refractivity contribution in [3.63, 3.8) is 0 Å². The van der Waals surface area contributed by atoms with E-state index in [1.807, 2.05) is 13.2 Å². The molecule has 2 aromatic heterocycles.